The van der Waals surface area contributed by atoms with E-state index in [0.29, 0.717) is 12.0 Å². The molecule has 1 aliphatic heterocycles. The zero-order valence-electron chi connectivity index (χ0n) is 15.3. The number of nitrogens with zero attached hydrogens (tertiary/aromatic N) is 1. The van der Waals surface area contributed by atoms with E-state index in [1.165, 1.54) is 36.3 Å². The molecule has 0 radical (unpaired) electrons. The number of carbonyl (C=O) groups is 2. The average Bonchev–Trinajstić information content (AvgIpc) is 3.06. The fourth-order valence-electron chi connectivity index (χ4n) is 4.24. The quantitative estimate of drug-likeness (QED) is 0.790. The molecule has 0 unspecified atom stereocenters. The van der Waals surface area contributed by atoms with Crippen LogP contribution in [0, 0.1) is 5.92 Å². The number of aliphatic carboxylic acids is 1. The van der Waals surface area contributed by atoms with Crippen molar-refractivity contribution in [1.29, 1.82) is 0 Å². The summed E-state index contributed by atoms with van der Waals surface area (Å²) in [5.74, 6) is -1.21. The number of carboxylic acids is 1. The Balaban J connectivity index is 1.83. The Morgan fingerprint density at radius 3 is 2.48 bits per heavy atom. The number of amides is 1. The Morgan fingerprint density at radius 2 is 1.85 bits per heavy atom. The molecule has 2 fully saturated rings. The molecule has 1 aromatic rings. The van der Waals surface area contributed by atoms with Crippen LogP contribution in [0.4, 0.5) is 0 Å². The minimum atomic E-state index is -3.47. The number of rotatable bonds is 6. The van der Waals surface area contributed by atoms with Gasteiger partial charge in [-0.3, -0.25) is 4.79 Å². The predicted molar refractivity (Wildman–Crippen MR) is 98.3 cm³/mol. The highest BCUT2D eigenvalue weighted by atomic mass is 32.2. The van der Waals surface area contributed by atoms with E-state index < -0.39 is 21.8 Å². The highest BCUT2D eigenvalue weighted by Crippen LogP contribution is 2.40. The van der Waals surface area contributed by atoms with Crippen LogP contribution < -0.4 is 0 Å². The lowest BCUT2D eigenvalue weighted by Crippen LogP contribution is -2.46. The summed E-state index contributed by atoms with van der Waals surface area (Å²) in [6.45, 7) is 0.0974. The molecule has 148 valence electrons. The van der Waals surface area contributed by atoms with Gasteiger partial charge in [-0.1, -0.05) is 12.8 Å². The number of likely N-dealkylation sites (tertiary alicyclic amines) is 1. The van der Waals surface area contributed by atoms with E-state index >= 15 is 0 Å². The summed E-state index contributed by atoms with van der Waals surface area (Å²) in [7, 11) is -2.04. The van der Waals surface area contributed by atoms with Crippen molar-refractivity contribution in [2.45, 2.75) is 49.1 Å². The van der Waals surface area contributed by atoms with Gasteiger partial charge in [0.2, 0.25) is 0 Å². The van der Waals surface area contributed by atoms with Gasteiger partial charge in [-0.2, -0.15) is 0 Å². The lowest BCUT2D eigenvalue weighted by atomic mass is 9.84. The Hall–Kier alpha value is -1.93. The minimum Gasteiger partial charge on any atom is -0.480 e. The van der Waals surface area contributed by atoms with E-state index in [1.807, 2.05) is 0 Å². The lowest BCUT2D eigenvalue weighted by molar-refractivity contribution is -0.141. The molecule has 1 aliphatic carbocycles. The van der Waals surface area contributed by atoms with E-state index in [1.54, 1.807) is 0 Å². The van der Waals surface area contributed by atoms with Gasteiger partial charge in [-0.05, 0) is 49.4 Å². The third kappa shape index (κ3) is 4.01. The van der Waals surface area contributed by atoms with E-state index in [4.69, 9.17) is 4.74 Å². The second-order valence-corrected chi connectivity index (χ2v) is 9.36. The number of hydrogen-bond donors (Lipinski definition) is 1. The number of hydrogen-bond acceptors (Lipinski definition) is 5. The van der Waals surface area contributed by atoms with E-state index in [-0.39, 0.29) is 35.1 Å². The molecule has 8 heteroatoms. The number of sulfone groups is 1. The van der Waals surface area contributed by atoms with Crippen LogP contribution in [0.2, 0.25) is 0 Å². The van der Waals surface area contributed by atoms with E-state index in [0.717, 1.165) is 25.7 Å². The Kier molecular flexibility index (Phi) is 5.86. The number of benzene rings is 1. The molecule has 1 heterocycles. The zero-order valence-corrected chi connectivity index (χ0v) is 16.2. The van der Waals surface area contributed by atoms with Gasteiger partial charge < -0.3 is 14.7 Å². The first-order chi connectivity index (χ1) is 12.8. The summed E-state index contributed by atoms with van der Waals surface area (Å²) < 4.78 is 29.2. The summed E-state index contributed by atoms with van der Waals surface area (Å²) in [5.41, 5.74) is 0.318. The molecule has 0 spiro atoms. The second-order valence-electron chi connectivity index (χ2n) is 7.25. The maximum Gasteiger partial charge on any atom is 0.326 e. The van der Waals surface area contributed by atoms with Crippen molar-refractivity contribution in [2.75, 3.05) is 19.5 Å². The van der Waals surface area contributed by atoms with Crippen LogP contribution in [0.1, 0.15) is 42.5 Å². The first kappa shape index (κ1) is 19.8. The van der Waals surface area contributed by atoms with Gasteiger partial charge in [0, 0.05) is 18.7 Å². The largest absolute Gasteiger partial charge is 0.480 e. The average molecular weight is 395 g/mol. The second kappa shape index (κ2) is 7.98. The summed E-state index contributed by atoms with van der Waals surface area (Å²) in [6, 6.07) is 4.90. The molecule has 2 aliphatic rings. The van der Waals surface area contributed by atoms with Gasteiger partial charge in [-0.15, -0.1) is 0 Å². The summed E-state index contributed by atoms with van der Waals surface area (Å²) >= 11 is 0. The van der Waals surface area contributed by atoms with Crippen molar-refractivity contribution < 1.29 is 27.9 Å². The number of carboxylic acid groups (broad SMARTS) is 1. The van der Waals surface area contributed by atoms with Crippen molar-refractivity contribution in [3.8, 4) is 0 Å². The number of ether oxygens (including phenoxy) is 1. The molecule has 1 saturated heterocycles. The standard InChI is InChI=1S/C19H25NO6S/c1-26-10-11-27(24,25)15-8-6-13(7-9-15)18(21)20-16-5-3-2-4-14(16)12-17(20)19(22)23/h6-9,14,16-17H,2-5,10-12H2,1H3,(H,22,23)/t14-,16+,17+/m1/s1. The molecule has 0 aromatic heterocycles. The number of carbonyl (C=O) groups excluding carboxylic acids is 1. The third-order valence-electron chi connectivity index (χ3n) is 5.62. The molecule has 27 heavy (non-hydrogen) atoms. The first-order valence-corrected chi connectivity index (χ1v) is 10.9. The minimum absolute atomic E-state index is 0.0440. The van der Waals surface area contributed by atoms with Crippen LogP contribution in [0.5, 0.6) is 0 Å². The van der Waals surface area contributed by atoms with Crippen LogP contribution in [-0.2, 0) is 19.4 Å². The van der Waals surface area contributed by atoms with Gasteiger partial charge in [0.1, 0.15) is 6.04 Å². The van der Waals surface area contributed by atoms with Crippen molar-refractivity contribution >= 4 is 21.7 Å². The van der Waals surface area contributed by atoms with E-state index in [9.17, 15) is 23.1 Å². The van der Waals surface area contributed by atoms with E-state index in [2.05, 4.69) is 0 Å². The topological polar surface area (TPSA) is 101 Å². The van der Waals surface area contributed by atoms with Crippen LogP contribution in [0.25, 0.3) is 0 Å². The molecule has 7 nitrogen and oxygen atoms in total. The highest BCUT2D eigenvalue weighted by molar-refractivity contribution is 7.91. The van der Waals surface area contributed by atoms with Gasteiger partial charge in [0.25, 0.3) is 5.91 Å². The lowest BCUT2D eigenvalue weighted by Gasteiger charge is -2.33. The summed E-state index contributed by atoms with van der Waals surface area (Å²) in [4.78, 5) is 26.4. The summed E-state index contributed by atoms with van der Waals surface area (Å²) in [5, 5.41) is 9.57. The molecular formula is C19H25NO6S. The Labute approximate surface area is 159 Å². The van der Waals surface area contributed by atoms with Gasteiger partial charge in [0.15, 0.2) is 9.84 Å². The van der Waals surface area contributed by atoms with Crippen LogP contribution in [0.3, 0.4) is 0 Å². The van der Waals surface area contributed by atoms with Crippen molar-refractivity contribution in [3.63, 3.8) is 0 Å². The number of methoxy groups -OCH3 is 1. The molecule has 1 N–H and O–H groups in total. The van der Waals surface area contributed by atoms with Crippen molar-refractivity contribution in [1.82, 2.24) is 4.90 Å². The SMILES string of the molecule is COCCS(=O)(=O)c1ccc(C(=O)N2[C@H](C(=O)O)C[C@H]3CCCC[C@@H]32)cc1. The molecule has 3 atom stereocenters. The van der Waals surface area contributed by atoms with Crippen LogP contribution in [0.15, 0.2) is 29.2 Å². The van der Waals surface area contributed by atoms with Gasteiger partial charge in [-0.25, -0.2) is 13.2 Å². The van der Waals surface area contributed by atoms with Crippen LogP contribution in [-0.4, -0.2) is 61.9 Å². The molecule has 1 saturated carbocycles. The fourth-order valence-corrected chi connectivity index (χ4v) is 5.41. The zero-order chi connectivity index (χ0) is 19.6. The molecule has 1 amide bonds. The Bertz CT molecular complexity index is 804. The Morgan fingerprint density at radius 1 is 1.19 bits per heavy atom. The molecular weight excluding hydrogens is 370 g/mol. The predicted octanol–water partition coefficient (Wildman–Crippen LogP) is 1.96. The molecule has 1 aromatic carbocycles. The summed E-state index contributed by atoms with van der Waals surface area (Å²) in [6.07, 6.45) is 4.34. The van der Waals surface area contributed by atoms with Crippen LogP contribution >= 0.6 is 0 Å². The molecule has 0 bridgehead atoms. The maximum absolute atomic E-state index is 13.0. The fraction of sp³-hybridized carbons (Fsp3) is 0.579. The molecule has 3 rings (SSSR count). The first-order valence-electron chi connectivity index (χ1n) is 9.22. The normalized spacial score (nSPS) is 25.2. The van der Waals surface area contributed by atoms with Gasteiger partial charge in [0.05, 0.1) is 17.3 Å². The van der Waals surface area contributed by atoms with Gasteiger partial charge >= 0.3 is 5.97 Å². The smallest absolute Gasteiger partial charge is 0.326 e. The van der Waals surface area contributed by atoms with Crippen molar-refractivity contribution in [2.24, 2.45) is 5.92 Å². The number of fused-ring (bicyclic) bond motifs is 1. The highest BCUT2D eigenvalue weighted by Gasteiger charge is 2.47. The monoisotopic (exact) mass is 395 g/mol. The third-order valence-corrected chi connectivity index (χ3v) is 7.32. The maximum atomic E-state index is 13.0. The van der Waals surface area contributed by atoms with Crippen molar-refractivity contribution in [3.05, 3.63) is 29.8 Å².